The predicted octanol–water partition coefficient (Wildman–Crippen LogP) is 5.09. The summed E-state index contributed by atoms with van der Waals surface area (Å²) in [6.45, 7) is 1.13. The Morgan fingerprint density at radius 2 is 1.80 bits per heavy atom. The van der Waals surface area contributed by atoms with Crippen molar-refractivity contribution in [3.05, 3.63) is 33.0 Å². The van der Waals surface area contributed by atoms with Crippen molar-refractivity contribution < 1.29 is 26.3 Å². The Morgan fingerprint density at radius 3 is 2.25 bits per heavy atom. The fraction of sp³-hybridized carbons (Fsp3) is 0.455. The number of nitrogens with one attached hydrogen (secondary N) is 1. The fourth-order valence-electron chi connectivity index (χ4n) is 1.56. The standard InChI is InChI=1S/C11H9BrClF6N/c1-2-20-9(10(15,16)11(17,18)19)5-3-7(13)6(12)4-8(5)14/h3-4,9,20H,2H2,1H3. The van der Waals surface area contributed by atoms with E-state index in [1.54, 1.807) is 0 Å². The first-order valence-electron chi connectivity index (χ1n) is 5.34. The minimum atomic E-state index is -5.81. The van der Waals surface area contributed by atoms with Gasteiger partial charge in [-0.1, -0.05) is 18.5 Å². The molecule has 1 atom stereocenters. The van der Waals surface area contributed by atoms with E-state index in [9.17, 15) is 26.3 Å². The van der Waals surface area contributed by atoms with Gasteiger partial charge in [0.2, 0.25) is 0 Å². The van der Waals surface area contributed by atoms with Crippen LogP contribution in [-0.2, 0) is 0 Å². The monoisotopic (exact) mass is 383 g/mol. The molecule has 114 valence electrons. The Kier molecular flexibility index (Phi) is 5.37. The van der Waals surface area contributed by atoms with Gasteiger partial charge in [0.25, 0.3) is 0 Å². The van der Waals surface area contributed by atoms with Crippen LogP contribution in [0.5, 0.6) is 0 Å². The maximum atomic E-state index is 13.7. The summed E-state index contributed by atoms with van der Waals surface area (Å²) in [5, 5.41) is 1.78. The molecule has 0 saturated carbocycles. The van der Waals surface area contributed by atoms with Gasteiger partial charge in [0.05, 0.1) is 5.02 Å². The lowest BCUT2D eigenvalue weighted by Gasteiger charge is -2.29. The molecule has 1 aromatic rings. The molecule has 0 spiro atoms. The Morgan fingerprint density at radius 1 is 1.25 bits per heavy atom. The second-order valence-electron chi connectivity index (χ2n) is 3.90. The number of hydrogen-bond acceptors (Lipinski definition) is 1. The van der Waals surface area contributed by atoms with Crippen molar-refractivity contribution in [3.8, 4) is 0 Å². The molecule has 9 heteroatoms. The minimum absolute atomic E-state index is 0.0611. The first-order valence-corrected chi connectivity index (χ1v) is 6.51. The van der Waals surface area contributed by atoms with Crippen LogP contribution in [-0.4, -0.2) is 18.6 Å². The van der Waals surface area contributed by atoms with Crippen LogP contribution < -0.4 is 5.32 Å². The first-order chi connectivity index (χ1) is 9.02. The molecule has 0 fully saturated rings. The molecule has 0 radical (unpaired) electrons. The van der Waals surface area contributed by atoms with Crippen molar-refractivity contribution in [2.24, 2.45) is 0 Å². The number of halogens is 8. The molecule has 0 heterocycles. The van der Waals surface area contributed by atoms with Crippen molar-refractivity contribution in [1.82, 2.24) is 5.32 Å². The number of benzene rings is 1. The minimum Gasteiger partial charge on any atom is -0.305 e. The fourth-order valence-corrected chi connectivity index (χ4v) is 2.05. The third kappa shape index (κ3) is 3.40. The van der Waals surface area contributed by atoms with E-state index in [1.807, 2.05) is 5.32 Å². The molecule has 20 heavy (non-hydrogen) atoms. The maximum absolute atomic E-state index is 13.7. The molecule has 1 unspecified atom stereocenters. The van der Waals surface area contributed by atoms with Crippen molar-refractivity contribution in [2.75, 3.05) is 6.54 Å². The molecule has 0 aliphatic carbocycles. The van der Waals surface area contributed by atoms with E-state index in [-0.39, 0.29) is 16.0 Å². The van der Waals surface area contributed by atoms with E-state index in [0.717, 1.165) is 12.1 Å². The molecule has 0 saturated heterocycles. The molecule has 1 rings (SSSR count). The molecule has 1 nitrogen and oxygen atoms in total. The van der Waals surface area contributed by atoms with Gasteiger partial charge in [0.1, 0.15) is 11.9 Å². The lowest BCUT2D eigenvalue weighted by molar-refractivity contribution is -0.294. The van der Waals surface area contributed by atoms with Gasteiger partial charge in [-0.2, -0.15) is 22.0 Å². The predicted molar refractivity (Wildman–Crippen MR) is 66.5 cm³/mol. The van der Waals surface area contributed by atoms with Crippen molar-refractivity contribution in [3.63, 3.8) is 0 Å². The third-order valence-electron chi connectivity index (χ3n) is 2.50. The highest BCUT2D eigenvalue weighted by molar-refractivity contribution is 9.10. The van der Waals surface area contributed by atoms with Gasteiger partial charge in [-0.3, -0.25) is 0 Å². The lowest BCUT2D eigenvalue weighted by atomic mass is 9.99. The van der Waals surface area contributed by atoms with E-state index in [4.69, 9.17) is 11.6 Å². The van der Waals surface area contributed by atoms with Gasteiger partial charge >= 0.3 is 12.1 Å². The summed E-state index contributed by atoms with van der Waals surface area (Å²) in [7, 11) is 0. The van der Waals surface area contributed by atoms with Crippen molar-refractivity contribution >= 4 is 27.5 Å². The van der Waals surface area contributed by atoms with Gasteiger partial charge < -0.3 is 5.32 Å². The van der Waals surface area contributed by atoms with Crippen LogP contribution in [0.3, 0.4) is 0 Å². The zero-order valence-electron chi connectivity index (χ0n) is 9.96. The summed E-state index contributed by atoms with van der Waals surface area (Å²) in [6, 6.07) is -1.07. The molecule has 0 aliphatic rings. The summed E-state index contributed by atoms with van der Waals surface area (Å²) < 4.78 is 78.0. The molecule has 0 aliphatic heterocycles. The molecule has 0 bridgehead atoms. The SMILES string of the molecule is CCNC(c1cc(Cl)c(Br)cc1F)C(F)(F)C(F)(F)F. The second kappa shape index (κ2) is 6.11. The van der Waals surface area contributed by atoms with E-state index >= 15 is 0 Å². The van der Waals surface area contributed by atoms with E-state index in [1.165, 1.54) is 6.92 Å². The van der Waals surface area contributed by atoms with Gasteiger partial charge in [-0.05, 0) is 34.6 Å². The quantitative estimate of drug-likeness (QED) is 0.563. The zero-order chi connectivity index (χ0) is 15.7. The average molecular weight is 385 g/mol. The molecule has 1 N–H and O–H groups in total. The third-order valence-corrected chi connectivity index (χ3v) is 3.70. The summed E-state index contributed by atoms with van der Waals surface area (Å²) in [5.74, 6) is -6.35. The summed E-state index contributed by atoms with van der Waals surface area (Å²) in [6.07, 6.45) is -5.81. The highest BCUT2D eigenvalue weighted by atomic mass is 79.9. The molecule has 0 amide bonds. The topological polar surface area (TPSA) is 12.0 Å². The van der Waals surface area contributed by atoms with E-state index in [2.05, 4.69) is 15.9 Å². The van der Waals surface area contributed by atoms with E-state index < -0.39 is 29.5 Å². The van der Waals surface area contributed by atoms with E-state index in [0.29, 0.717) is 0 Å². The summed E-state index contributed by atoms with van der Waals surface area (Å²) >= 11 is 8.48. The van der Waals surface area contributed by atoms with Crippen LogP contribution >= 0.6 is 27.5 Å². The largest absolute Gasteiger partial charge is 0.455 e. The van der Waals surface area contributed by atoms with Crippen LogP contribution in [0, 0.1) is 5.82 Å². The van der Waals surface area contributed by atoms with Crippen LogP contribution in [0.2, 0.25) is 5.02 Å². The zero-order valence-corrected chi connectivity index (χ0v) is 12.3. The molecular formula is C11H9BrClF6N. The van der Waals surface area contributed by atoms with Crippen LogP contribution in [0.1, 0.15) is 18.5 Å². The number of hydrogen-bond donors (Lipinski definition) is 1. The van der Waals surface area contributed by atoms with Crippen molar-refractivity contribution in [2.45, 2.75) is 25.1 Å². The molecule has 0 aromatic heterocycles. The van der Waals surface area contributed by atoms with Gasteiger partial charge in [-0.25, -0.2) is 4.39 Å². The smallest absolute Gasteiger partial charge is 0.305 e. The summed E-state index contributed by atoms with van der Waals surface area (Å²) in [4.78, 5) is 0. The first kappa shape index (κ1) is 17.6. The molecule has 1 aromatic carbocycles. The van der Waals surface area contributed by atoms with Crippen LogP contribution in [0.4, 0.5) is 26.3 Å². The maximum Gasteiger partial charge on any atom is 0.455 e. The van der Waals surface area contributed by atoms with Crippen LogP contribution in [0.25, 0.3) is 0 Å². The number of alkyl halides is 5. The van der Waals surface area contributed by atoms with Gasteiger partial charge in [0.15, 0.2) is 0 Å². The second-order valence-corrected chi connectivity index (χ2v) is 5.16. The molecular weight excluding hydrogens is 375 g/mol. The van der Waals surface area contributed by atoms with Gasteiger partial charge in [0, 0.05) is 10.0 Å². The average Bonchev–Trinajstić information content (AvgIpc) is 2.29. The Labute approximate surface area is 124 Å². The summed E-state index contributed by atoms with van der Waals surface area (Å²) in [5.41, 5.74) is -0.845. The van der Waals surface area contributed by atoms with Crippen LogP contribution in [0.15, 0.2) is 16.6 Å². The Hall–Kier alpha value is -0.470. The van der Waals surface area contributed by atoms with Gasteiger partial charge in [-0.15, -0.1) is 0 Å². The highest BCUT2D eigenvalue weighted by Crippen LogP contribution is 2.45. The van der Waals surface area contributed by atoms with Crippen molar-refractivity contribution in [1.29, 1.82) is 0 Å². The Balaban J connectivity index is 3.39. The Bertz CT molecular complexity index is 491. The lowest BCUT2D eigenvalue weighted by Crippen LogP contribution is -2.48. The normalized spacial score (nSPS) is 14.4. The number of rotatable bonds is 4. The highest BCUT2D eigenvalue weighted by Gasteiger charge is 2.63.